The van der Waals surface area contributed by atoms with Gasteiger partial charge in [-0.3, -0.25) is 0 Å². The van der Waals surface area contributed by atoms with Crippen LogP contribution in [0.4, 0.5) is 26.3 Å². The number of oxime groups is 1. The summed E-state index contributed by atoms with van der Waals surface area (Å²) >= 11 is 2.15. The second-order valence-corrected chi connectivity index (χ2v) is 11.2. The van der Waals surface area contributed by atoms with Crippen LogP contribution in [0.15, 0.2) is 41.6 Å². The maximum Gasteiger partial charge on any atom is 0.416 e. The standard InChI is InChI=1S/C18H24F3NO2.C15H19F3.CH3I.HI/c1-3-23-13(2)22-24-12-14-9-10-16(15-7-5-4-6-8-15)17(11-14)18(19,20)21;1-2-11-8-9-13(12-6-4-3-5-7-12)14(10-11)15(16,17)18;1-2;/h9-11,15H,3-8,12H2,1-2H3;8-10,12H,2-7H2,1H3;1H3;1H/b22-13-;;;. The highest BCUT2D eigenvalue weighted by Gasteiger charge is 2.36. The SMILES string of the molecule is CCO/C(C)=N\OCc1ccc(C2CCCCC2)c(C(F)(F)F)c1.CCc1ccc(C2CCCCC2)c(C(F)(F)F)c1.CI.I. The third-order valence-electron chi connectivity index (χ3n) is 8.12. The van der Waals surface area contributed by atoms with E-state index in [-0.39, 0.29) is 42.4 Å². The van der Waals surface area contributed by atoms with Crippen LogP contribution in [0.3, 0.4) is 0 Å². The summed E-state index contributed by atoms with van der Waals surface area (Å²) in [6.45, 7) is 5.79. The van der Waals surface area contributed by atoms with Gasteiger partial charge in [0.05, 0.1) is 17.7 Å². The second kappa shape index (κ2) is 20.9. The molecule has 45 heavy (non-hydrogen) atoms. The van der Waals surface area contributed by atoms with E-state index in [1.165, 1.54) is 12.1 Å². The fourth-order valence-corrected chi connectivity index (χ4v) is 5.98. The van der Waals surface area contributed by atoms with Crippen LogP contribution in [0.25, 0.3) is 0 Å². The van der Waals surface area contributed by atoms with Gasteiger partial charge in [0, 0.05) is 6.92 Å². The van der Waals surface area contributed by atoms with E-state index >= 15 is 0 Å². The summed E-state index contributed by atoms with van der Waals surface area (Å²) in [6, 6.07) is 9.39. The van der Waals surface area contributed by atoms with E-state index in [4.69, 9.17) is 9.57 Å². The van der Waals surface area contributed by atoms with Crippen molar-refractivity contribution >= 4 is 52.5 Å². The van der Waals surface area contributed by atoms with Crippen molar-refractivity contribution in [1.29, 1.82) is 0 Å². The number of alkyl halides is 7. The van der Waals surface area contributed by atoms with Crippen LogP contribution in [-0.4, -0.2) is 17.4 Å². The molecule has 2 saturated carbocycles. The van der Waals surface area contributed by atoms with Gasteiger partial charge in [0.2, 0.25) is 5.90 Å². The minimum Gasteiger partial charge on any atom is -0.479 e. The van der Waals surface area contributed by atoms with Crippen LogP contribution < -0.4 is 0 Å². The summed E-state index contributed by atoms with van der Waals surface area (Å²) in [5.41, 5.74) is 1.20. The van der Waals surface area contributed by atoms with E-state index in [1.54, 1.807) is 25.1 Å². The fourth-order valence-electron chi connectivity index (χ4n) is 5.98. The zero-order valence-electron chi connectivity index (χ0n) is 26.6. The first kappa shape index (κ1) is 41.8. The van der Waals surface area contributed by atoms with Gasteiger partial charge in [0.15, 0.2) is 0 Å². The van der Waals surface area contributed by atoms with Gasteiger partial charge >= 0.3 is 12.4 Å². The van der Waals surface area contributed by atoms with Crippen LogP contribution in [0.5, 0.6) is 0 Å². The summed E-state index contributed by atoms with van der Waals surface area (Å²) in [7, 11) is 0. The number of nitrogens with zero attached hydrogens (tertiary/aromatic N) is 1. The molecule has 0 heterocycles. The Bertz CT molecular complexity index is 1160. The van der Waals surface area contributed by atoms with Crippen molar-refractivity contribution in [1.82, 2.24) is 0 Å². The lowest BCUT2D eigenvalue weighted by Gasteiger charge is -2.25. The molecule has 2 aliphatic rings. The number of halogens is 8. The topological polar surface area (TPSA) is 30.8 Å². The first-order valence-corrected chi connectivity index (χ1v) is 17.7. The second-order valence-electron chi connectivity index (χ2n) is 11.2. The molecule has 0 aliphatic heterocycles. The zero-order valence-corrected chi connectivity index (χ0v) is 31.1. The Kier molecular flexibility index (Phi) is 19.4. The molecule has 4 rings (SSSR count). The van der Waals surface area contributed by atoms with Gasteiger partial charge in [0.25, 0.3) is 0 Å². The lowest BCUT2D eigenvalue weighted by molar-refractivity contribution is -0.139. The third-order valence-corrected chi connectivity index (χ3v) is 8.12. The van der Waals surface area contributed by atoms with Crippen LogP contribution in [0, 0.1) is 0 Å². The molecular formula is C34H47F6I2NO2. The van der Waals surface area contributed by atoms with Gasteiger partial charge in [-0.15, -0.1) is 24.0 Å². The average molecular weight is 870 g/mol. The summed E-state index contributed by atoms with van der Waals surface area (Å²) < 4.78 is 84.8. The van der Waals surface area contributed by atoms with Crippen LogP contribution in [0.1, 0.15) is 130 Å². The quantitative estimate of drug-likeness (QED) is 0.0693. The van der Waals surface area contributed by atoms with Gasteiger partial charge < -0.3 is 9.57 Å². The number of benzene rings is 2. The highest BCUT2D eigenvalue weighted by molar-refractivity contribution is 14.1. The van der Waals surface area contributed by atoms with E-state index in [0.717, 1.165) is 69.8 Å². The van der Waals surface area contributed by atoms with Crippen LogP contribution >= 0.6 is 46.6 Å². The molecule has 11 heteroatoms. The normalized spacial score (nSPS) is 16.4. The molecule has 2 aliphatic carbocycles. The number of rotatable bonds is 7. The molecule has 0 amide bonds. The van der Waals surface area contributed by atoms with Crippen molar-refractivity contribution in [2.75, 3.05) is 11.5 Å². The van der Waals surface area contributed by atoms with E-state index in [1.807, 2.05) is 24.8 Å². The number of aryl methyl sites for hydroxylation is 1. The molecule has 256 valence electrons. The number of hydrogen-bond donors (Lipinski definition) is 0. The molecule has 0 unspecified atom stereocenters. The molecule has 0 atom stereocenters. The highest BCUT2D eigenvalue weighted by Crippen LogP contribution is 2.42. The monoisotopic (exact) mass is 869 g/mol. The maximum atomic E-state index is 13.4. The Morgan fingerprint density at radius 1 is 0.733 bits per heavy atom. The smallest absolute Gasteiger partial charge is 0.416 e. The predicted molar refractivity (Wildman–Crippen MR) is 189 cm³/mol. The molecular weight excluding hydrogens is 822 g/mol. The van der Waals surface area contributed by atoms with Crippen molar-refractivity contribution in [2.24, 2.45) is 5.16 Å². The van der Waals surface area contributed by atoms with Gasteiger partial charge in [-0.2, -0.15) is 26.3 Å². The van der Waals surface area contributed by atoms with E-state index in [2.05, 4.69) is 27.7 Å². The van der Waals surface area contributed by atoms with Crippen molar-refractivity contribution in [2.45, 2.75) is 122 Å². The van der Waals surface area contributed by atoms with E-state index < -0.39 is 23.5 Å². The number of ether oxygens (including phenoxy) is 1. The molecule has 3 nitrogen and oxygen atoms in total. The fraction of sp³-hybridized carbons (Fsp3) is 0.618. The Hall–Kier alpha value is -1.25. The molecule has 0 bridgehead atoms. The molecule has 0 radical (unpaired) electrons. The molecule has 0 spiro atoms. The molecule has 2 aromatic rings. The van der Waals surface area contributed by atoms with E-state index in [9.17, 15) is 26.3 Å². The average Bonchev–Trinajstić information content (AvgIpc) is 3.02. The molecule has 2 aromatic carbocycles. The van der Waals surface area contributed by atoms with Crippen LogP contribution in [0.2, 0.25) is 0 Å². The van der Waals surface area contributed by atoms with Crippen molar-refractivity contribution in [3.05, 3.63) is 69.8 Å². The van der Waals surface area contributed by atoms with Gasteiger partial charge in [0.1, 0.15) is 6.61 Å². The number of hydrogen-bond acceptors (Lipinski definition) is 3. The molecule has 0 saturated heterocycles. The van der Waals surface area contributed by atoms with Crippen molar-refractivity contribution < 1.29 is 35.9 Å². The van der Waals surface area contributed by atoms with Crippen molar-refractivity contribution in [3.8, 4) is 0 Å². The first-order chi connectivity index (χ1) is 20.9. The molecule has 0 N–H and O–H groups in total. The summed E-state index contributed by atoms with van der Waals surface area (Å²) in [4.78, 5) is 7.05. The zero-order chi connectivity index (χ0) is 32.8. The van der Waals surface area contributed by atoms with Crippen LogP contribution in [-0.2, 0) is 35.0 Å². The Balaban J connectivity index is 0.000000431. The molecule has 0 aromatic heterocycles. The minimum atomic E-state index is -4.35. The van der Waals surface area contributed by atoms with Crippen molar-refractivity contribution in [3.63, 3.8) is 0 Å². The summed E-state index contributed by atoms with van der Waals surface area (Å²) in [6.07, 6.45) is 1.90. The lowest BCUT2D eigenvalue weighted by Crippen LogP contribution is -2.15. The van der Waals surface area contributed by atoms with Gasteiger partial charge in [-0.25, -0.2) is 0 Å². The largest absolute Gasteiger partial charge is 0.479 e. The first-order valence-electron chi connectivity index (χ1n) is 15.5. The van der Waals surface area contributed by atoms with E-state index in [0.29, 0.717) is 35.6 Å². The Morgan fingerprint density at radius 3 is 1.56 bits per heavy atom. The summed E-state index contributed by atoms with van der Waals surface area (Å²) in [5, 5.41) is 3.73. The maximum absolute atomic E-state index is 13.4. The predicted octanol–water partition coefficient (Wildman–Crippen LogP) is 12.6. The van der Waals surface area contributed by atoms with Gasteiger partial charge in [-0.1, -0.05) is 97.5 Å². The Labute approximate surface area is 295 Å². The molecule has 2 fully saturated rings. The highest BCUT2D eigenvalue weighted by atomic mass is 127. The third kappa shape index (κ3) is 13.8. The minimum absolute atomic E-state index is 0. The lowest BCUT2D eigenvalue weighted by atomic mass is 9.81. The summed E-state index contributed by atoms with van der Waals surface area (Å²) in [5.74, 6) is 0.456. The van der Waals surface area contributed by atoms with Gasteiger partial charge in [-0.05, 0) is 90.2 Å². The Morgan fingerprint density at radius 2 is 1.16 bits per heavy atom.